The van der Waals surface area contributed by atoms with Crippen molar-refractivity contribution in [3.8, 4) is 5.69 Å². The maximum absolute atomic E-state index is 13.0. The lowest BCUT2D eigenvalue weighted by molar-refractivity contribution is 0.0527. The molecule has 0 saturated heterocycles. The Morgan fingerprint density at radius 2 is 1.63 bits per heavy atom. The highest BCUT2D eigenvalue weighted by Crippen LogP contribution is 2.24. The molecule has 9 nitrogen and oxygen atoms in total. The van der Waals surface area contributed by atoms with Crippen molar-refractivity contribution in [2.75, 3.05) is 18.1 Å². The van der Waals surface area contributed by atoms with E-state index < -0.39 is 11.9 Å². The van der Waals surface area contributed by atoms with Crippen LogP contribution in [0.4, 0.5) is 11.6 Å². The molecule has 9 heteroatoms. The molecule has 0 aliphatic heterocycles. The molecule has 3 rings (SSSR count). The summed E-state index contributed by atoms with van der Waals surface area (Å²) in [6, 6.07) is 9.19. The summed E-state index contributed by atoms with van der Waals surface area (Å²) in [7, 11) is 0. The maximum atomic E-state index is 13.0. The van der Waals surface area contributed by atoms with E-state index >= 15 is 0 Å². The van der Waals surface area contributed by atoms with E-state index in [0.29, 0.717) is 17.1 Å². The van der Waals surface area contributed by atoms with Crippen molar-refractivity contribution in [2.45, 2.75) is 20.8 Å². The molecule has 0 radical (unpaired) electrons. The number of esters is 1. The predicted molar refractivity (Wildman–Crippen MR) is 99.8 cm³/mol. The molecular weight excluding hydrogens is 348 g/mol. The molecule has 0 bridgehead atoms. The third-order valence-electron chi connectivity index (χ3n) is 4.08. The fraction of sp³-hybridized carbons (Fsp3) is 0.222. The molecule has 27 heavy (non-hydrogen) atoms. The first-order chi connectivity index (χ1) is 12.9. The zero-order valence-corrected chi connectivity index (χ0v) is 15.3. The Bertz CT molecular complexity index is 1020. The van der Waals surface area contributed by atoms with E-state index in [1.165, 1.54) is 4.68 Å². The molecule has 2 aromatic heterocycles. The van der Waals surface area contributed by atoms with Crippen LogP contribution in [0.3, 0.4) is 0 Å². The number of aromatic nitrogens is 4. The third kappa shape index (κ3) is 3.03. The Labute approximate surface area is 155 Å². The van der Waals surface area contributed by atoms with Gasteiger partial charge in [0.15, 0.2) is 0 Å². The van der Waals surface area contributed by atoms with Crippen molar-refractivity contribution >= 4 is 23.5 Å². The maximum Gasteiger partial charge on any atom is 0.343 e. The molecule has 0 atom stereocenters. The fourth-order valence-corrected chi connectivity index (χ4v) is 2.84. The monoisotopic (exact) mass is 368 g/mol. The van der Waals surface area contributed by atoms with Gasteiger partial charge in [-0.25, -0.2) is 9.48 Å². The van der Waals surface area contributed by atoms with Gasteiger partial charge < -0.3 is 16.2 Å². The highest BCUT2D eigenvalue weighted by molar-refractivity contribution is 6.05. The normalized spacial score (nSPS) is 10.8. The summed E-state index contributed by atoms with van der Waals surface area (Å²) >= 11 is 0. The second kappa shape index (κ2) is 6.94. The van der Waals surface area contributed by atoms with Crippen molar-refractivity contribution in [1.82, 2.24) is 19.6 Å². The van der Waals surface area contributed by atoms with Crippen molar-refractivity contribution < 1.29 is 14.3 Å². The summed E-state index contributed by atoms with van der Waals surface area (Å²) in [4.78, 5) is 25.1. The number of carbonyl (C=O) groups is 2. The number of nitrogen functional groups attached to an aromatic ring is 2. The largest absolute Gasteiger partial charge is 0.462 e. The number of hydrogen-bond donors (Lipinski definition) is 2. The molecule has 0 aliphatic rings. The number of aryl methyl sites for hydroxylation is 2. The number of rotatable bonds is 4. The van der Waals surface area contributed by atoms with Gasteiger partial charge in [0.1, 0.15) is 22.8 Å². The quantitative estimate of drug-likeness (QED) is 0.670. The Kier molecular flexibility index (Phi) is 4.68. The molecular formula is C18H20N6O3. The summed E-state index contributed by atoms with van der Waals surface area (Å²) in [5.41, 5.74) is 13.9. The van der Waals surface area contributed by atoms with Crippen molar-refractivity contribution in [2.24, 2.45) is 0 Å². The summed E-state index contributed by atoms with van der Waals surface area (Å²) in [5.74, 6) is -1.13. The summed E-state index contributed by atoms with van der Waals surface area (Å²) < 4.78 is 7.40. The van der Waals surface area contributed by atoms with Gasteiger partial charge in [-0.2, -0.15) is 14.9 Å². The van der Waals surface area contributed by atoms with E-state index in [2.05, 4.69) is 10.2 Å². The molecule has 1 aromatic carbocycles. The van der Waals surface area contributed by atoms with Crippen molar-refractivity contribution in [3.63, 3.8) is 0 Å². The van der Waals surface area contributed by atoms with Crippen LogP contribution >= 0.6 is 0 Å². The highest BCUT2D eigenvalue weighted by Gasteiger charge is 2.28. The minimum absolute atomic E-state index is 0.0666. The number of ether oxygens (including phenoxy) is 1. The average Bonchev–Trinajstić information content (AvgIpc) is 3.11. The van der Waals surface area contributed by atoms with Crippen LogP contribution in [-0.2, 0) is 4.74 Å². The molecule has 0 amide bonds. The Balaban J connectivity index is 2.07. The first-order valence-corrected chi connectivity index (χ1v) is 8.34. The van der Waals surface area contributed by atoms with Crippen molar-refractivity contribution in [1.29, 1.82) is 0 Å². The number of benzene rings is 1. The van der Waals surface area contributed by atoms with Crippen LogP contribution in [-0.4, -0.2) is 38.0 Å². The molecule has 140 valence electrons. The number of nitrogens with two attached hydrogens (primary N) is 2. The van der Waals surface area contributed by atoms with Crippen LogP contribution in [0, 0.1) is 13.8 Å². The van der Waals surface area contributed by atoms with E-state index in [4.69, 9.17) is 16.2 Å². The average molecular weight is 368 g/mol. The second-order valence-electron chi connectivity index (χ2n) is 5.88. The number of hydrogen-bond acceptors (Lipinski definition) is 7. The van der Waals surface area contributed by atoms with Gasteiger partial charge in [0.2, 0.25) is 0 Å². The Hall–Kier alpha value is -3.62. The smallest absolute Gasteiger partial charge is 0.343 e. The zero-order valence-electron chi connectivity index (χ0n) is 15.3. The minimum atomic E-state index is -0.628. The van der Waals surface area contributed by atoms with E-state index in [9.17, 15) is 9.59 Å². The van der Waals surface area contributed by atoms with Gasteiger partial charge in [0.05, 0.1) is 23.7 Å². The number of carbonyl (C=O) groups excluding carboxylic acids is 2. The Morgan fingerprint density at radius 1 is 1.00 bits per heavy atom. The van der Waals surface area contributed by atoms with Gasteiger partial charge in [-0.1, -0.05) is 18.2 Å². The number of anilines is 2. The van der Waals surface area contributed by atoms with Crippen LogP contribution < -0.4 is 11.5 Å². The lowest BCUT2D eigenvalue weighted by atomic mass is 10.2. The number of nitrogens with zero attached hydrogens (tertiary/aromatic N) is 4. The molecule has 3 aromatic rings. The van der Waals surface area contributed by atoms with Gasteiger partial charge in [-0.3, -0.25) is 4.79 Å². The lowest BCUT2D eigenvalue weighted by Crippen LogP contribution is -2.19. The summed E-state index contributed by atoms with van der Waals surface area (Å²) in [6.45, 7) is 5.12. The van der Waals surface area contributed by atoms with E-state index in [-0.39, 0.29) is 29.4 Å². The first kappa shape index (κ1) is 18.2. The third-order valence-corrected chi connectivity index (χ3v) is 4.08. The molecule has 4 N–H and O–H groups in total. The number of para-hydroxylation sites is 1. The second-order valence-corrected chi connectivity index (χ2v) is 5.88. The van der Waals surface area contributed by atoms with E-state index in [1.807, 2.05) is 30.3 Å². The molecule has 0 spiro atoms. The van der Waals surface area contributed by atoms with E-state index in [0.717, 1.165) is 4.68 Å². The van der Waals surface area contributed by atoms with E-state index in [1.54, 1.807) is 20.8 Å². The van der Waals surface area contributed by atoms with Gasteiger partial charge in [-0.05, 0) is 32.9 Å². The Morgan fingerprint density at radius 3 is 2.26 bits per heavy atom. The predicted octanol–water partition coefficient (Wildman–Crippen LogP) is 1.72. The molecule has 0 saturated carbocycles. The lowest BCUT2D eigenvalue weighted by Gasteiger charge is -2.06. The fourth-order valence-electron chi connectivity index (χ4n) is 2.84. The van der Waals surface area contributed by atoms with Crippen LogP contribution in [0.25, 0.3) is 5.69 Å². The molecule has 0 unspecified atom stereocenters. The summed E-state index contributed by atoms with van der Waals surface area (Å²) in [6.07, 6.45) is 0. The van der Waals surface area contributed by atoms with Crippen LogP contribution in [0.5, 0.6) is 0 Å². The molecule has 0 aliphatic carbocycles. The standard InChI is InChI=1S/C18H20N6O3/c1-4-27-18(26)14-11(3)22-24(16(14)20)17(25)13-10(2)21-23(15(13)19)12-8-6-5-7-9-12/h5-9H,4,19-20H2,1-3H3. The minimum Gasteiger partial charge on any atom is -0.462 e. The van der Waals surface area contributed by atoms with Crippen LogP contribution in [0.1, 0.15) is 39.0 Å². The molecule has 2 heterocycles. The van der Waals surface area contributed by atoms with Gasteiger partial charge in [-0.15, -0.1) is 0 Å². The zero-order chi connectivity index (χ0) is 19.7. The van der Waals surface area contributed by atoms with Crippen LogP contribution in [0.15, 0.2) is 30.3 Å². The van der Waals surface area contributed by atoms with Crippen LogP contribution in [0.2, 0.25) is 0 Å². The SMILES string of the molecule is CCOC(=O)c1c(C)nn(C(=O)c2c(C)nn(-c3ccccc3)c2N)c1N. The van der Waals surface area contributed by atoms with Gasteiger partial charge in [0, 0.05) is 0 Å². The van der Waals surface area contributed by atoms with Crippen molar-refractivity contribution in [3.05, 3.63) is 52.8 Å². The van der Waals surface area contributed by atoms with Gasteiger partial charge >= 0.3 is 5.97 Å². The van der Waals surface area contributed by atoms with Gasteiger partial charge in [0.25, 0.3) is 5.91 Å². The summed E-state index contributed by atoms with van der Waals surface area (Å²) in [5, 5.41) is 8.45. The highest BCUT2D eigenvalue weighted by atomic mass is 16.5. The topological polar surface area (TPSA) is 131 Å². The first-order valence-electron chi connectivity index (χ1n) is 8.34. The molecule has 0 fully saturated rings.